The topological polar surface area (TPSA) is 101 Å². The van der Waals surface area contributed by atoms with Crippen LogP contribution in [0.5, 0.6) is 11.5 Å². The van der Waals surface area contributed by atoms with Crippen molar-refractivity contribution < 1.29 is 15.0 Å². The summed E-state index contributed by atoms with van der Waals surface area (Å²) in [6, 6.07) is 3.87. The third-order valence-electron chi connectivity index (χ3n) is 1.99. The van der Waals surface area contributed by atoms with Gasteiger partial charge in [-0.2, -0.15) is 0 Å². The molecular formula is C9H9ClN4O3. The SMILES string of the molecule is Cl.O=C(Cn1cnnn1)c1ccc(O)c(O)c1. The van der Waals surface area contributed by atoms with Gasteiger partial charge in [0.05, 0.1) is 0 Å². The summed E-state index contributed by atoms with van der Waals surface area (Å²) in [6.07, 6.45) is 1.32. The van der Waals surface area contributed by atoms with Crippen molar-refractivity contribution in [2.45, 2.75) is 6.54 Å². The van der Waals surface area contributed by atoms with Gasteiger partial charge < -0.3 is 10.2 Å². The Bertz CT molecular complexity index is 515. The molecule has 0 atom stereocenters. The first kappa shape index (κ1) is 12.9. The maximum Gasteiger partial charge on any atom is 0.184 e. The highest BCUT2D eigenvalue weighted by molar-refractivity contribution is 5.96. The number of aromatic nitrogens is 4. The van der Waals surface area contributed by atoms with Crippen molar-refractivity contribution >= 4 is 18.2 Å². The Balaban J connectivity index is 0.00000144. The zero-order valence-corrected chi connectivity index (χ0v) is 9.33. The maximum atomic E-state index is 11.7. The summed E-state index contributed by atoms with van der Waals surface area (Å²) in [7, 11) is 0. The molecule has 0 aliphatic heterocycles. The van der Waals surface area contributed by atoms with E-state index in [4.69, 9.17) is 5.11 Å². The van der Waals surface area contributed by atoms with Gasteiger partial charge in [-0.05, 0) is 28.6 Å². The number of nitrogens with zero attached hydrogens (tertiary/aromatic N) is 4. The lowest BCUT2D eigenvalue weighted by Crippen LogP contribution is -2.10. The third-order valence-corrected chi connectivity index (χ3v) is 1.99. The number of hydrogen-bond donors (Lipinski definition) is 2. The number of aromatic hydroxyl groups is 2. The molecule has 0 amide bonds. The van der Waals surface area contributed by atoms with Crippen LogP contribution in [0, 0.1) is 0 Å². The summed E-state index contributed by atoms with van der Waals surface area (Å²) in [5, 5.41) is 28.6. The first-order valence-corrected chi connectivity index (χ1v) is 4.43. The van der Waals surface area contributed by atoms with E-state index in [1.54, 1.807) is 0 Å². The molecule has 0 spiro atoms. The van der Waals surface area contributed by atoms with Gasteiger partial charge in [-0.1, -0.05) is 0 Å². The van der Waals surface area contributed by atoms with Crippen LogP contribution in [0.1, 0.15) is 10.4 Å². The molecule has 2 N–H and O–H groups in total. The Morgan fingerprint density at radius 2 is 2.06 bits per heavy atom. The second-order valence-electron chi connectivity index (χ2n) is 3.13. The summed E-state index contributed by atoms with van der Waals surface area (Å²) in [6.45, 7) is -0.0167. The number of carbonyl (C=O) groups is 1. The maximum absolute atomic E-state index is 11.7. The highest BCUT2D eigenvalue weighted by Crippen LogP contribution is 2.25. The van der Waals surface area contributed by atoms with Crippen molar-refractivity contribution in [2.24, 2.45) is 0 Å². The quantitative estimate of drug-likeness (QED) is 0.608. The number of benzene rings is 1. The van der Waals surface area contributed by atoms with Gasteiger partial charge in [0, 0.05) is 5.56 Å². The van der Waals surface area contributed by atoms with Crippen LogP contribution >= 0.6 is 12.4 Å². The molecule has 0 saturated heterocycles. The fraction of sp³-hybridized carbons (Fsp3) is 0.111. The third kappa shape index (κ3) is 2.91. The van der Waals surface area contributed by atoms with Gasteiger partial charge in [0.25, 0.3) is 0 Å². The van der Waals surface area contributed by atoms with Crippen LogP contribution < -0.4 is 0 Å². The molecule has 2 rings (SSSR count). The Morgan fingerprint density at radius 1 is 1.29 bits per heavy atom. The normalized spacial score (nSPS) is 9.65. The fourth-order valence-corrected chi connectivity index (χ4v) is 1.19. The van der Waals surface area contributed by atoms with Crippen molar-refractivity contribution in [1.29, 1.82) is 0 Å². The Morgan fingerprint density at radius 3 is 2.65 bits per heavy atom. The summed E-state index contributed by atoms with van der Waals surface area (Å²) in [5.74, 6) is -0.857. The van der Waals surface area contributed by atoms with E-state index in [9.17, 15) is 9.90 Å². The number of halogens is 1. The van der Waals surface area contributed by atoms with E-state index in [0.29, 0.717) is 0 Å². The highest BCUT2D eigenvalue weighted by Gasteiger charge is 2.10. The van der Waals surface area contributed by atoms with Gasteiger partial charge >= 0.3 is 0 Å². The first-order valence-electron chi connectivity index (χ1n) is 4.43. The number of carbonyl (C=O) groups excluding carboxylic acids is 1. The number of hydrogen-bond acceptors (Lipinski definition) is 6. The van der Waals surface area contributed by atoms with Crippen LogP contribution in [0.3, 0.4) is 0 Å². The van der Waals surface area contributed by atoms with E-state index in [1.807, 2.05) is 0 Å². The summed E-state index contributed by atoms with van der Waals surface area (Å²) in [5.41, 5.74) is 0.283. The second kappa shape index (κ2) is 5.26. The zero-order valence-electron chi connectivity index (χ0n) is 8.52. The molecule has 0 unspecified atom stereocenters. The molecule has 0 fully saturated rings. The van der Waals surface area contributed by atoms with E-state index < -0.39 is 0 Å². The number of phenols is 2. The molecule has 17 heavy (non-hydrogen) atoms. The molecule has 1 aromatic carbocycles. The number of phenolic OH excluding ortho intramolecular Hbond substituents is 2. The molecule has 0 bridgehead atoms. The number of Topliss-reactive ketones (excluding diaryl/α,β-unsaturated/α-hetero) is 1. The molecule has 7 nitrogen and oxygen atoms in total. The second-order valence-corrected chi connectivity index (χ2v) is 3.13. The molecule has 0 radical (unpaired) electrons. The van der Waals surface area contributed by atoms with Crippen LogP contribution in [-0.4, -0.2) is 36.2 Å². The van der Waals surface area contributed by atoms with Crippen molar-refractivity contribution in [3.63, 3.8) is 0 Å². The van der Waals surface area contributed by atoms with Crippen LogP contribution in [-0.2, 0) is 6.54 Å². The predicted molar refractivity (Wildman–Crippen MR) is 59.2 cm³/mol. The standard InChI is InChI=1S/C9H8N4O3.ClH/c14-7-2-1-6(3-8(7)15)9(16)4-13-5-10-11-12-13;/h1-3,5,14-15H,4H2;1H. The van der Waals surface area contributed by atoms with Gasteiger partial charge in [0.1, 0.15) is 12.9 Å². The average Bonchev–Trinajstić information content (AvgIpc) is 2.74. The van der Waals surface area contributed by atoms with Crippen LogP contribution in [0.15, 0.2) is 24.5 Å². The predicted octanol–water partition coefficient (Wildman–Crippen LogP) is 0.389. The molecule has 1 heterocycles. The minimum absolute atomic E-state index is 0. The Labute approximate surface area is 102 Å². The smallest absolute Gasteiger partial charge is 0.184 e. The van der Waals surface area contributed by atoms with Gasteiger partial charge in [0.2, 0.25) is 0 Å². The van der Waals surface area contributed by atoms with Gasteiger partial charge in [-0.25, -0.2) is 4.68 Å². The molecule has 8 heteroatoms. The number of rotatable bonds is 3. The summed E-state index contributed by atoms with van der Waals surface area (Å²) in [4.78, 5) is 11.7. The van der Waals surface area contributed by atoms with Gasteiger partial charge in [-0.15, -0.1) is 17.5 Å². The Kier molecular flexibility index (Phi) is 4.00. The molecule has 0 saturated carbocycles. The van der Waals surface area contributed by atoms with Gasteiger partial charge in [0.15, 0.2) is 17.3 Å². The first-order chi connectivity index (χ1) is 7.66. The lowest BCUT2D eigenvalue weighted by atomic mass is 10.1. The Hall–Kier alpha value is -2.15. The lowest BCUT2D eigenvalue weighted by molar-refractivity contribution is 0.0966. The van der Waals surface area contributed by atoms with Crippen LogP contribution in [0.25, 0.3) is 0 Å². The van der Waals surface area contributed by atoms with Crippen molar-refractivity contribution in [3.8, 4) is 11.5 Å². The van der Waals surface area contributed by atoms with Gasteiger partial charge in [-0.3, -0.25) is 4.79 Å². The molecule has 0 aliphatic carbocycles. The molecule has 0 aliphatic rings. The van der Waals surface area contributed by atoms with Crippen molar-refractivity contribution in [3.05, 3.63) is 30.1 Å². The fourth-order valence-electron chi connectivity index (χ4n) is 1.19. The minimum Gasteiger partial charge on any atom is -0.504 e. The van der Waals surface area contributed by atoms with E-state index >= 15 is 0 Å². The molecule has 90 valence electrons. The van der Waals surface area contributed by atoms with Crippen LogP contribution in [0.4, 0.5) is 0 Å². The van der Waals surface area contributed by atoms with E-state index in [2.05, 4.69) is 15.5 Å². The molecule has 1 aromatic heterocycles. The molecular weight excluding hydrogens is 248 g/mol. The number of ketones is 1. The minimum atomic E-state index is -0.331. The summed E-state index contributed by atoms with van der Waals surface area (Å²) < 4.78 is 1.27. The van der Waals surface area contributed by atoms with Crippen molar-refractivity contribution in [1.82, 2.24) is 20.2 Å². The zero-order chi connectivity index (χ0) is 11.5. The summed E-state index contributed by atoms with van der Waals surface area (Å²) >= 11 is 0. The highest BCUT2D eigenvalue weighted by atomic mass is 35.5. The van der Waals surface area contributed by atoms with E-state index in [0.717, 1.165) is 0 Å². The van der Waals surface area contributed by atoms with E-state index in [1.165, 1.54) is 29.2 Å². The average molecular weight is 257 g/mol. The monoisotopic (exact) mass is 256 g/mol. The van der Waals surface area contributed by atoms with Crippen molar-refractivity contribution in [2.75, 3.05) is 0 Å². The largest absolute Gasteiger partial charge is 0.504 e. The number of tetrazole rings is 1. The van der Waals surface area contributed by atoms with E-state index in [-0.39, 0.29) is 41.8 Å². The lowest BCUT2D eigenvalue weighted by Gasteiger charge is -2.02. The van der Waals surface area contributed by atoms with Crippen LogP contribution in [0.2, 0.25) is 0 Å². The molecule has 2 aromatic rings.